The van der Waals surface area contributed by atoms with Crippen LogP contribution in [-0.2, 0) is 14.3 Å². The third kappa shape index (κ3) is 3.34. The molecule has 1 fully saturated rings. The van der Waals surface area contributed by atoms with Crippen molar-refractivity contribution in [2.45, 2.75) is 38.0 Å². The van der Waals surface area contributed by atoms with Crippen LogP contribution in [0.4, 0.5) is 0 Å². The second kappa shape index (κ2) is 6.86. The monoisotopic (exact) mass is 337 g/mol. The predicted octanol–water partition coefficient (Wildman–Crippen LogP) is 2.95. The van der Waals surface area contributed by atoms with E-state index in [9.17, 15) is 4.79 Å². The van der Waals surface area contributed by atoms with Crippen molar-refractivity contribution in [1.29, 1.82) is 0 Å². The number of hydrogen-bond donors (Lipinski definition) is 1. The van der Waals surface area contributed by atoms with Crippen LogP contribution in [0.5, 0.6) is 0 Å². The first-order chi connectivity index (χ1) is 11.1. The quantitative estimate of drug-likeness (QED) is 0.868. The molecule has 0 aliphatic carbocycles. The molecule has 0 bridgehead atoms. The van der Waals surface area contributed by atoms with Crippen LogP contribution in [0.3, 0.4) is 0 Å². The van der Waals surface area contributed by atoms with Crippen molar-refractivity contribution >= 4 is 28.5 Å². The lowest BCUT2D eigenvalue weighted by Crippen LogP contribution is -2.21. The lowest BCUT2D eigenvalue weighted by Gasteiger charge is -2.23. The largest absolute Gasteiger partial charge is 0.469 e. The van der Waals surface area contributed by atoms with Crippen LogP contribution in [-0.4, -0.2) is 29.5 Å². The molecule has 1 aromatic heterocycles. The van der Waals surface area contributed by atoms with Crippen molar-refractivity contribution in [1.82, 2.24) is 9.78 Å². The molecule has 0 amide bonds. The number of hydrogen-bond acceptors (Lipinski definition) is 5. The molecule has 2 aromatic rings. The van der Waals surface area contributed by atoms with Gasteiger partial charge in [0.25, 0.3) is 0 Å². The molecule has 3 rings (SSSR count). The topological polar surface area (TPSA) is 79.4 Å². The summed E-state index contributed by atoms with van der Waals surface area (Å²) in [6.07, 6.45) is 3.04. The summed E-state index contributed by atoms with van der Waals surface area (Å²) in [4.78, 5) is 11.5. The maximum atomic E-state index is 11.5. The third-order valence-corrected chi connectivity index (χ3v) is 4.33. The summed E-state index contributed by atoms with van der Waals surface area (Å²) < 4.78 is 12.4. The fraction of sp³-hybridized carbons (Fsp3) is 0.500. The van der Waals surface area contributed by atoms with Crippen molar-refractivity contribution in [3.05, 3.63) is 28.9 Å². The van der Waals surface area contributed by atoms with Crippen LogP contribution in [0.1, 0.15) is 43.6 Å². The molecular weight excluding hydrogens is 318 g/mol. The number of methoxy groups -OCH3 is 1. The number of ether oxygens (including phenoxy) is 2. The first-order valence-electron chi connectivity index (χ1n) is 7.72. The van der Waals surface area contributed by atoms with E-state index in [1.807, 2.05) is 22.9 Å². The maximum Gasteiger partial charge on any atom is 0.307 e. The Morgan fingerprint density at radius 2 is 2.39 bits per heavy atom. The van der Waals surface area contributed by atoms with Gasteiger partial charge in [0.1, 0.15) is 0 Å². The Bertz CT molecular complexity index is 710. The van der Waals surface area contributed by atoms with E-state index in [4.69, 9.17) is 26.8 Å². The number of carbonyl (C=O) groups excluding carboxylic acids is 1. The number of nitrogens with zero attached hydrogens (tertiary/aromatic N) is 2. The smallest absolute Gasteiger partial charge is 0.307 e. The minimum Gasteiger partial charge on any atom is -0.469 e. The number of benzene rings is 1. The molecule has 0 saturated carbocycles. The standard InChI is InChI=1S/C16H20ClN3O3/c1-22-15(21)9-12(18)16-11-8-10(17)5-6-13(11)20(19-16)14-4-2-3-7-23-14/h5-6,8,12,14H,2-4,7,9,18H2,1H3. The van der Waals surface area contributed by atoms with E-state index in [2.05, 4.69) is 5.10 Å². The number of rotatable bonds is 4. The first-order valence-corrected chi connectivity index (χ1v) is 8.09. The minimum atomic E-state index is -0.548. The van der Waals surface area contributed by atoms with E-state index in [0.717, 1.165) is 36.8 Å². The van der Waals surface area contributed by atoms with Crippen molar-refractivity contribution in [2.24, 2.45) is 5.73 Å². The summed E-state index contributed by atoms with van der Waals surface area (Å²) in [5.74, 6) is -0.365. The van der Waals surface area contributed by atoms with E-state index >= 15 is 0 Å². The van der Waals surface area contributed by atoms with Crippen molar-refractivity contribution in [3.63, 3.8) is 0 Å². The summed E-state index contributed by atoms with van der Waals surface area (Å²) in [5.41, 5.74) is 7.72. The molecule has 2 N–H and O–H groups in total. The van der Waals surface area contributed by atoms with Crippen LogP contribution >= 0.6 is 11.6 Å². The average molecular weight is 338 g/mol. The second-order valence-electron chi connectivity index (χ2n) is 5.70. The Labute approximate surface area is 139 Å². The first kappa shape index (κ1) is 16.2. The van der Waals surface area contributed by atoms with Crippen LogP contribution in [0.15, 0.2) is 18.2 Å². The number of carbonyl (C=O) groups is 1. The third-order valence-electron chi connectivity index (χ3n) is 4.09. The van der Waals surface area contributed by atoms with Crippen molar-refractivity contribution in [2.75, 3.05) is 13.7 Å². The molecule has 2 atom stereocenters. The van der Waals surface area contributed by atoms with Gasteiger partial charge in [-0.25, -0.2) is 4.68 Å². The van der Waals surface area contributed by atoms with Crippen molar-refractivity contribution < 1.29 is 14.3 Å². The zero-order valence-electron chi connectivity index (χ0n) is 13.0. The van der Waals surface area contributed by atoms with E-state index < -0.39 is 6.04 Å². The van der Waals surface area contributed by atoms with E-state index in [1.165, 1.54) is 7.11 Å². The number of halogens is 1. The van der Waals surface area contributed by atoms with Crippen LogP contribution in [0.25, 0.3) is 10.9 Å². The molecule has 6 nitrogen and oxygen atoms in total. The lowest BCUT2D eigenvalue weighted by molar-refractivity contribution is -0.141. The van der Waals surface area contributed by atoms with Gasteiger partial charge in [0.15, 0.2) is 6.23 Å². The fourth-order valence-corrected chi connectivity index (χ4v) is 3.08. The number of nitrogens with two attached hydrogens (primary N) is 1. The zero-order chi connectivity index (χ0) is 16.4. The molecule has 23 heavy (non-hydrogen) atoms. The number of esters is 1. The molecule has 1 saturated heterocycles. The van der Waals surface area contributed by atoms with Gasteiger partial charge in [0.2, 0.25) is 0 Å². The second-order valence-corrected chi connectivity index (χ2v) is 6.14. The molecule has 0 radical (unpaired) electrons. The van der Waals surface area contributed by atoms with Gasteiger partial charge in [0, 0.05) is 17.0 Å². The SMILES string of the molecule is COC(=O)CC(N)c1nn(C2CCCCO2)c2ccc(Cl)cc12. The molecule has 1 aromatic carbocycles. The van der Waals surface area contributed by atoms with Gasteiger partial charge in [-0.3, -0.25) is 4.79 Å². The summed E-state index contributed by atoms with van der Waals surface area (Å²) in [6.45, 7) is 0.725. The van der Waals surface area contributed by atoms with Gasteiger partial charge < -0.3 is 15.2 Å². The molecule has 1 aliphatic heterocycles. The van der Waals surface area contributed by atoms with Gasteiger partial charge in [-0.2, -0.15) is 5.10 Å². The zero-order valence-corrected chi connectivity index (χ0v) is 13.8. The fourth-order valence-electron chi connectivity index (χ4n) is 2.91. The molecule has 124 valence electrons. The van der Waals surface area contributed by atoms with Crippen molar-refractivity contribution in [3.8, 4) is 0 Å². The van der Waals surface area contributed by atoms with Gasteiger partial charge in [-0.15, -0.1) is 0 Å². The minimum absolute atomic E-state index is 0.0701. The molecule has 1 aliphatic rings. The molecule has 0 spiro atoms. The van der Waals surface area contributed by atoms with E-state index in [-0.39, 0.29) is 18.6 Å². The summed E-state index contributed by atoms with van der Waals surface area (Å²) in [6, 6.07) is 5.01. The van der Waals surface area contributed by atoms with Gasteiger partial charge in [0.05, 0.1) is 30.8 Å². The highest BCUT2D eigenvalue weighted by Gasteiger charge is 2.24. The summed E-state index contributed by atoms with van der Waals surface area (Å²) in [7, 11) is 1.35. The number of aromatic nitrogens is 2. The molecule has 2 heterocycles. The maximum absolute atomic E-state index is 11.5. The lowest BCUT2D eigenvalue weighted by atomic mass is 10.1. The Balaban J connectivity index is 2.02. The highest BCUT2D eigenvalue weighted by atomic mass is 35.5. The van der Waals surface area contributed by atoms with Gasteiger partial charge in [-0.05, 0) is 37.5 Å². The average Bonchev–Trinajstić information content (AvgIpc) is 2.94. The van der Waals surface area contributed by atoms with E-state index in [0.29, 0.717) is 10.7 Å². The predicted molar refractivity (Wildman–Crippen MR) is 87.1 cm³/mol. The molecule has 7 heteroatoms. The highest BCUT2D eigenvalue weighted by molar-refractivity contribution is 6.31. The summed E-state index contributed by atoms with van der Waals surface area (Å²) >= 11 is 6.12. The van der Waals surface area contributed by atoms with Crippen LogP contribution < -0.4 is 5.73 Å². The van der Waals surface area contributed by atoms with Crippen LogP contribution in [0, 0.1) is 0 Å². The Hall–Kier alpha value is -1.63. The van der Waals surface area contributed by atoms with Gasteiger partial charge >= 0.3 is 5.97 Å². The Morgan fingerprint density at radius 1 is 1.57 bits per heavy atom. The van der Waals surface area contributed by atoms with Crippen LogP contribution in [0.2, 0.25) is 5.02 Å². The Morgan fingerprint density at radius 3 is 3.09 bits per heavy atom. The van der Waals surface area contributed by atoms with E-state index in [1.54, 1.807) is 0 Å². The summed E-state index contributed by atoms with van der Waals surface area (Å²) in [5, 5.41) is 6.10. The number of fused-ring (bicyclic) bond motifs is 1. The van der Waals surface area contributed by atoms with Gasteiger partial charge in [-0.1, -0.05) is 11.6 Å². The normalized spacial score (nSPS) is 19.7. The molecular formula is C16H20ClN3O3. The highest BCUT2D eigenvalue weighted by Crippen LogP contribution is 2.32. The Kier molecular flexibility index (Phi) is 4.84. The molecule has 2 unspecified atom stereocenters.